The van der Waals surface area contributed by atoms with Crippen molar-refractivity contribution in [3.63, 3.8) is 0 Å². The smallest absolute Gasteiger partial charge is 0.266 e. The van der Waals surface area contributed by atoms with Crippen LogP contribution < -0.4 is 27.0 Å². The van der Waals surface area contributed by atoms with Crippen molar-refractivity contribution in [3.8, 4) is 17.2 Å². The van der Waals surface area contributed by atoms with Crippen molar-refractivity contribution >= 4 is 21.5 Å². The van der Waals surface area contributed by atoms with Crippen LogP contribution in [0.3, 0.4) is 0 Å². The van der Waals surface area contributed by atoms with Crippen LogP contribution in [0.15, 0.2) is 79.8 Å². The molecule has 0 atom stereocenters. The van der Waals surface area contributed by atoms with E-state index in [-0.39, 0.29) is 21.5 Å². The lowest BCUT2D eigenvalue weighted by Crippen LogP contribution is -2.23. The lowest BCUT2D eigenvalue weighted by atomic mass is 10.1. The maximum absolute atomic E-state index is 12.9. The van der Waals surface area contributed by atoms with Crippen molar-refractivity contribution < 1.29 is 4.74 Å². The zero-order valence-electron chi connectivity index (χ0n) is 16.7. The van der Waals surface area contributed by atoms with Gasteiger partial charge in [-0.3, -0.25) is 23.7 Å². The van der Waals surface area contributed by atoms with Gasteiger partial charge in [-0.2, -0.15) is 0 Å². The maximum atomic E-state index is 12.9. The quantitative estimate of drug-likeness (QED) is 0.455. The van der Waals surface area contributed by atoms with Crippen molar-refractivity contribution in [1.29, 1.82) is 0 Å². The fourth-order valence-corrected chi connectivity index (χ4v) is 3.73. The molecule has 31 heavy (non-hydrogen) atoms. The van der Waals surface area contributed by atoms with E-state index >= 15 is 0 Å². The summed E-state index contributed by atoms with van der Waals surface area (Å²) in [5, 5.41) is 0.493. The Morgan fingerprint density at radius 1 is 0.613 bits per heavy atom. The van der Waals surface area contributed by atoms with Crippen molar-refractivity contribution in [2.75, 3.05) is 0 Å². The molecule has 7 heteroatoms. The Labute approximate surface area is 174 Å². The monoisotopic (exact) mass is 412 g/mol. The molecule has 0 aliphatic heterocycles. The van der Waals surface area contributed by atoms with Crippen LogP contribution in [0.2, 0.25) is 0 Å². The molecule has 152 valence electrons. The summed E-state index contributed by atoms with van der Waals surface area (Å²) in [6, 6.07) is 16.8. The molecule has 0 aliphatic carbocycles. The SMILES string of the molecule is Cc1ccc(Oc2ccc(-n3c(=O)c4cc5c(=O)n(C)c(=O)c5cc4c3=O)cc2)cc1. The Kier molecular flexibility index (Phi) is 4.01. The minimum Gasteiger partial charge on any atom is -0.457 e. The van der Waals surface area contributed by atoms with E-state index in [4.69, 9.17) is 4.74 Å². The average molecular weight is 412 g/mol. The second-order valence-corrected chi connectivity index (χ2v) is 7.47. The average Bonchev–Trinajstić information content (AvgIpc) is 3.14. The first-order valence-electron chi connectivity index (χ1n) is 9.59. The van der Waals surface area contributed by atoms with Crippen LogP contribution in [0, 0.1) is 6.92 Å². The van der Waals surface area contributed by atoms with Gasteiger partial charge in [0.05, 0.1) is 27.2 Å². The lowest BCUT2D eigenvalue weighted by molar-refractivity contribution is 0.482. The van der Waals surface area contributed by atoms with Gasteiger partial charge < -0.3 is 4.74 Å². The zero-order chi connectivity index (χ0) is 21.9. The normalized spacial score (nSPS) is 11.4. The standard InChI is InChI=1S/C24H16N2O5/c1-13-3-7-15(8-4-13)31-16-9-5-14(6-10-16)26-23(29)19-11-17-18(12-20(19)24(26)30)22(28)25(2)21(17)27/h3-12H,1-2H3. The predicted molar refractivity (Wildman–Crippen MR) is 118 cm³/mol. The fraction of sp³-hybridized carbons (Fsp3) is 0.0833. The van der Waals surface area contributed by atoms with Crippen LogP contribution in [0.5, 0.6) is 11.5 Å². The number of aromatic nitrogens is 2. The largest absolute Gasteiger partial charge is 0.457 e. The molecule has 2 aromatic heterocycles. The van der Waals surface area contributed by atoms with E-state index < -0.39 is 22.2 Å². The second-order valence-electron chi connectivity index (χ2n) is 7.47. The highest BCUT2D eigenvalue weighted by Crippen LogP contribution is 2.23. The number of hydrogen-bond acceptors (Lipinski definition) is 5. The molecule has 5 rings (SSSR count). The molecule has 0 unspecified atom stereocenters. The van der Waals surface area contributed by atoms with E-state index in [1.807, 2.05) is 31.2 Å². The number of fused-ring (bicyclic) bond motifs is 2. The molecule has 0 radical (unpaired) electrons. The molecule has 0 saturated heterocycles. The Morgan fingerprint density at radius 2 is 1.03 bits per heavy atom. The Hall–Kier alpha value is -4.26. The Bertz CT molecular complexity index is 1600. The van der Waals surface area contributed by atoms with Crippen molar-refractivity contribution in [2.45, 2.75) is 6.92 Å². The van der Waals surface area contributed by atoms with Crippen LogP contribution in [0.25, 0.3) is 27.2 Å². The number of rotatable bonds is 3. The van der Waals surface area contributed by atoms with Gasteiger partial charge in [0, 0.05) is 7.05 Å². The molecule has 0 bridgehead atoms. The molecule has 5 aromatic rings. The molecule has 2 heterocycles. The fourth-order valence-electron chi connectivity index (χ4n) is 3.73. The van der Waals surface area contributed by atoms with Crippen LogP contribution in [-0.2, 0) is 7.05 Å². The third kappa shape index (κ3) is 2.82. The first-order chi connectivity index (χ1) is 14.8. The summed E-state index contributed by atoms with van der Waals surface area (Å²) in [5.41, 5.74) is -0.556. The van der Waals surface area contributed by atoms with Crippen molar-refractivity contribution in [2.24, 2.45) is 7.05 Å². The van der Waals surface area contributed by atoms with E-state index in [9.17, 15) is 19.2 Å². The summed E-state index contributed by atoms with van der Waals surface area (Å²) in [7, 11) is 1.37. The van der Waals surface area contributed by atoms with Gasteiger partial charge >= 0.3 is 0 Å². The molecule has 0 spiro atoms. The van der Waals surface area contributed by atoms with Crippen LogP contribution in [0.4, 0.5) is 0 Å². The predicted octanol–water partition coefficient (Wildman–Crippen LogP) is 2.54. The van der Waals surface area contributed by atoms with Crippen LogP contribution in [-0.4, -0.2) is 9.13 Å². The molecule has 7 nitrogen and oxygen atoms in total. The third-order valence-corrected chi connectivity index (χ3v) is 5.45. The van der Waals surface area contributed by atoms with Gasteiger partial charge in [-0.25, -0.2) is 4.57 Å². The molecule has 3 aromatic carbocycles. The van der Waals surface area contributed by atoms with Crippen molar-refractivity contribution in [3.05, 3.63) is 108 Å². The van der Waals surface area contributed by atoms with Gasteiger partial charge in [-0.15, -0.1) is 0 Å². The summed E-state index contributed by atoms with van der Waals surface area (Å²) < 4.78 is 7.79. The number of benzene rings is 3. The van der Waals surface area contributed by atoms with E-state index in [2.05, 4.69) is 0 Å². The Morgan fingerprint density at radius 3 is 1.52 bits per heavy atom. The van der Waals surface area contributed by atoms with E-state index in [0.29, 0.717) is 17.2 Å². The highest BCUT2D eigenvalue weighted by molar-refractivity contribution is 5.98. The van der Waals surface area contributed by atoms with Gasteiger partial charge in [-0.1, -0.05) is 17.7 Å². The zero-order valence-corrected chi connectivity index (χ0v) is 16.7. The third-order valence-electron chi connectivity index (χ3n) is 5.45. The van der Waals surface area contributed by atoms with Gasteiger partial charge in [0.1, 0.15) is 11.5 Å². The number of ether oxygens (including phenoxy) is 1. The lowest BCUT2D eigenvalue weighted by Gasteiger charge is -2.07. The Balaban J connectivity index is 1.61. The summed E-state index contributed by atoms with van der Waals surface area (Å²) in [6.07, 6.45) is 0. The van der Waals surface area contributed by atoms with Crippen LogP contribution in [0.1, 0.15) is 5.56 Å². The van der Waals surface area contributed by atoms with Crippen molar-refractivity contribution in [1.82, 2.24) is 9.13 Å². The first-order valence-corrected chi connectivity index (χ1v) is 9.59. The number of aryl methyl sites for hydroxylation is 1. The summed E-state index contributed by atoms with van der Waals surface area (Å²) in [4.78, 5) is 50.4. The summed E-state index contributed by atoms with van der Waals surface area (Å²) >= 11 is 0. The van der Waals surface area contributed by atoms with Gasteiger partial charge in [-0.05, 0) is 55.5 Å². The van der Waals surface area contributed by atoms with Gasteiger partial charge in [0.15, 0.2) is 0 Å². The summed E-state index contributed by atoms with van der Waals surface area (Å²) in [5.74, 6) is 1.23. The molecule has 0 amide bonds. The highest BCUT2D eigenvalue weighted by Gasteiger charge is 2.19. The maximum Gasteiger partial charge on any atom is 0.266 e. The number of nitrogens with zero attached hydrogens (tertiary/aromatic N) is 2. The molecular formula is C24H16N2O5. The first kappa shape index (κ1) is 18.7. The van der Waals surface area contributed by atoms with E-state index in [1.165, 1.54) is 19.2 Å². The summed E-state index contributed by atoms with van der Waals surface area (Å²) in [6.45, 7) is 1.99. The number of hydrogen-bond donors (Lipinski definition) is 0. The minimum absolute atomic E-state index is 0.111. The topological polar surface area (TPSA) is 87.4 Å². The van der Waals surface area contributed by atoms with E-state index in [0.717, 1.165) is 14.7 Å². The van der Waals surface area contributed by atoms with Crippen LogP contribution >= 0.6 is 0 Å². The second kappa shape index (κ2) is 6.63. The molecule has 0 aliphatic rings. The molecular weight excluding hydrogens is 396 g/mol. The molecule has 0 fully saturated rings. The highest BCUT2D eigenvalue weighted by atomic mass is 16.5. The van der Waals surface area contributed by atoms with E-state index in [1.54, 1.807) is 24.3 Å². The van der Waals surface area contributed by atoms with Gasteiger partial charge in [0.25, 0.3) is 22.2 Å². The molecule has 0 N–H and O–H groups in total. The van der Waals surface area contributed by atoms with Gasteiger partial charge in [0.2, 0.25) is 0 Å². The minimum atomic E-state index is -0.537. The molecule has 0 saturated carbocycles.